The van der Waals surface area contributed by atoms with Gasteiger partial charge in [0, 0.05) is 16.7 Å². The van der Waals surface area contributed by atoms with E-state index in [4.69, 9.17) is 15.4 Å². The third kappa shape index (κ3) is 3.35. The van der Waals surface area contributed by atoms with E-state index >= 15 is 0 Å². The normalized spacial score (nSPS) is 11.4. The van der Waals surface area contributed by atoms with Crippen molar-refractivity contribution in [2.75, 3.05) is 6.61 Å². The second kappa shape index (κ2) is 4.81. The van der Waals surface area contributed by atoms with Gasteiger partial charge in [-0.2, -0.15) is 0 Å². The summed E-state index contributed by atoms with van der Waals surface area (Å²) in [6.07, 6.45) is 0.789. The summed E-state index contributed by atoms with van der Waals surface area (Å²) in [4.78, 5) is -0.534. The van der Waals surface area contributed by atoms with E-state index in [-0.39, 0.29) is 0 Å². The molecular formula is C9H10ClFO3S. The second-order valence-corrected chi connectivity index (χ2v) is 5.41. The maximum absolute atomic E-state index is 13.2. The largest absolute Gasteiger partial charge is 0.494 e. The van der Waals surface area contributed by atoms with Gasteiger partial charge in [-0.1, -0.05) is 6.92 Å². The third-order valence-electron chi connectivity index (χ3n) is 1.64. The average Bonchev–Trinajstić information content (AvgIpc) is 2.12. The smallest absolute Gasteiger partial charge is 0.264 e. The molecule has 0 aliphatic heterocycles. The summed E-state index contributed by atoms with van der Waals surface area (Å²) in [6.45, 7) is 2.36. The fourth-order valence-electron chi connectivity index (χ4n) is 0.989. The molecule has 6 heteroatoms. The molecule has 0 bridgehead atoms. The molecule has 3 nitrogen and oxygen atoms in total. The van der Waals surface area contributed by atoms with Crippen molar-refractivity contribution >= 4 is 19.7 Å². The van der Waals surface area contributed by atoms with E-state index in [1.165, 1.54) is 6.07 Å². The van der Waals surface area contributed by atoms with Crippen molar-refractivity contribution in [3.05, 3.63) is 24.0 Å². The van der Waals surface area contributed by atoms with E-state index in [0.717, 1.165) is 18.6 Å². The van der Waals surface area contributed by atoms with Crippen LogP contribution in [-0.2, 0) is 9.05 Å². The van der Waals surface area contributed by atoms with Crippen LogP contribution in [0.5, 0.6) is 5.75 Å². The zero-order valence-corrected chi connectivity index (χ0v) is 9.61. The minimum Gasteiger partial charge on any atom is -0.494 e. The van der Waals surface area contributed by atoms with E-state index in [1.807, 2.05) is 6.92 Å². The average molecular weight is 253 g/mol. The van der Waals surface area contributed by atoms with Crippen LogP contribution in [0.25, 0.3) is 0 Å². The van der Waals surface area contributed by atoms with E-state index < -0.39 is 19.8 Å². The van der Waals surface area contributed by atoms with Crippen molar-refractivity contribution in [1.29, 1.82) is 0 Å². The molecule has 0 unspecified atom stereocenters. The molecule has 1 rings (SSSR count). The predicted octanol–water partition coefficient (Wildman–Crippen LogP) is 2.54. The Labute approximate surface area is 92.2 Å². The summed E-state index contributed by atoms with van der Waals surface area (Å²) < 4.78 is 40.1. The van der Waals surface area contributed by atoms with Gasteiger partial charge < -0.3 is 4.74 Å². The number of benzene rings is 1. The quantitative estimate of drug-likeness (QED) is 0.774. The van der Waals surface area contributed by atoms with Crippen LogP contribution < -0.4 is 4.74 Å². The van der Waals surface area contributed by atoms with Crippen molar-refractivity contribution in [3.63, 3.8) is 0 Å². The van der Waals surface area contributed by atoms with Gasteiger partial charge in [0.15, 0.2) is 0 Å². The Morgan fingerprint density at radius 3 is 2.60 bits per heavy atom. The highest BCUT2D eigenvalue weighted by molar-refractivity contribution is 8.13. The van der Waals surface area contributed by atoms with E-state index in [1.54, 1.807) is 0 Å². The maximum atomic E-state index is 13.2. The Balaban J connectivity index is 2.99. The van der Waals surface area contributed by atoms with E-state index in [9.17, 15) is 12.8 Å². The molecule has 0 fully saturated rings. The molecule has 0 aliphatic carbocycles. The van der Waals surface area contributed by atoms with Crippen LogP contribution in [-0.4, -0.2) is 15.0 Å². The van der Waals surface area contributed by atoms with Gasteiger partial charge in [0.25, 0.3) is 9.05 Å². The highest BCUT2D eigenvalue weighted by Gasteiger charge is 2.16. The maximum Gasteiger partial charge on any atom is 0.264 e. The highest BCUT2D eigenvalue weighted by atomic mass is 35.7. The van der Waals surface area contributed by atoms with Crippen LogP contribution in [0.3, 0.4) is 0 Å². The van der Waals surface area contributed by atoms with Gasteiger partial charge in [0.1, 0.15) is 16.5 Å². The molecule has 0 saturated heterocycles. The van der Waals surface area contributed by atoms with Crippen molar-refractivity contribution in [2.45, 2.75) is 18.2 Å². The first-order valence-electron chi connectivity index (χ1n) is 4.32. The Bertz CT molecular complexity index is 445. The van der Waals surface area contributed by atoms with Gasteiger partial charge in [0.05, 0.1) is 6.61 Å². The van der Waals surface area contributed by atoms with Gasteiger partial charge in [0.2, 0.25) is 0 Å². The molecule has 1 aromatic carbocycles. The van der Waals surface area contributed by atoms with Crippen LogP contribution in [0.4, 0.5) is 4.39 Å². The zero-order chi connectivity index (χ0) is 11.5. The number of hydrogen-bond donors (Lipinski definition) is 0. The molecule has 0 atom stereocenters. The van der Waals surface area contributed by atoms with Gasteiger partial charge in [-0.05, 0) is 18.6 Å². The first kappa shape index (κ1) is 12.3. The lowest BCUT2D eigenvalue weighted by atomic mass is 10.3. The summed E-state index contributed by atoms with van der Waals surface area (Å²) in [5.74, 6) is -0.614. The molecule has 0 amide bonds. The van der Waals surface area contributed by atoms with Crippen molar-refractivity contribution in [3.8, 4) is 5.75 Å². The molecule has 0 aliphatic rings. The predicted molar refractivity (Wildman–Crippen MR) is 55.2 cm³/mol. The number of halogens is 2. The van der Waals surface area contributed by atoms with E-state index in [2.05, 4.69) is 0 Å². The topological polar surface area (TPSA) is 43.4 Å². The molecule has 15 heavy (non-hydrogen) atoms. The molecule has 84 valence electrons. The van der Waals surface area contributed by atoms with E-state index in [0.29, 0.717) is 12.4 Å². The summed E-state index contributed by atoms with van der Waals surface area (Å²) in [7, 11) is 0.983. The Hall–Kier alpha value is -0.810. The number of hydrogen-bond acceptors (Lipinski definition) is 3. The highest BCUT2D eigenvalue weighted by Crippen LogP contribution is 2.23. The molecule has 0 saturated carbocycles. The second-order valence-electron chi connectivity index (χ2n) is 2.88. The van der Waals surface area contributed by atoms with Crippen LogP contribution in [0, 0.1) is 5.82 Å². The monoisotopic (exact) mass is 252 g/mol. The minimum absolute atomic E-state index is 0.290. The Kier molecular flexibility index (Phi) is 3.93. The first-order chi connectivity index (χ1) is 6.95. The van der Waals surface area contributed by atoms with Gasteiger partial charge in [-0.25, -0.2) is 12.8 Å². The standard InChI is InChI=1S/C9H10ClFO3S/c1-2-5-14-7-3-4-9(8(11)6-7)15(10,12)13/h3-4,6H,2,5H2,1H3. The summed E-state index contributed by atoms with van der Waals surface area (Å²) in [5.41, 5.74) is 0. The SMILES string of the molecule is CCCOc1ccc(S(=O)(=O)Cl)c(F)c1. The Morgan fingerprint density at radius 2 is 2.13 bits per heavy atom. The molecule has 0 heterocycles. The molecule has 0 spiro atoms. The fourth-order valence-corrected chi connectivity index (χ4v) is 1.89. The molecule has 0 aromatic heterocycles. The molecule has 0 N–H and O–H groups in total. The van der Waals surface area contributed by atoms with Crippen LogP contribution in [0.2, 0.25) is 0 Å². The van der Waals surface area contributed by atoms with Crippen molar-refractivity contribution < 1.29 is 17.5 Å². The summed E-state index contributed by atoms with van der Waals surface area (Å²) in [6, 6.07) is 3.46. The lowest BCUT2D eigenvalue weighted by Gasteiger charge is -2.05. The Morgan fingerprint density at radius 1 is 1.47 bits per heavy atom. The molecular weight excluding hydrogens is 243 g/mol. The lowest BCUT2D eigenvalue weighted by molar-refractivity contribution is 0.315. The van der Waals surface area contributed by atoms with Gasteiger partial charge >= 0.3 is 0 Å². The number of ether oxygens (including phenoxy) is 1. The fraction of sp³-hybridized carbons (Fsp3) is 0.333. The van der Waals surface area contributed by atoms with Crippen molar-refractivity contribution in [1.82, 2.24) is 0 Å². The molecule has 1 aromatic rings. The van der Waals surface area contributed by atoms with Gasteiger partial charge in [-0.15, -0.1) is 0 Å². The van der Waals surface area contributed by atoms with Crippen molar-refractivity contribution in [2.24, 2.45) is 0 Å². The lowest BCUT2D eigenvalue weighted by Crippen LogP contribution is -1.99. The first-order valence-corrected chi connectivity index (χ1v) is 6.63. The van der Waals surface area contributed by atoms with Crippen LogP contribution in [0.15, 0.2) is 23.1 Å². The summed E-state index contributed by atoms with van der Waals surface area (Å²) in [5, 5.41) is 0. The van der Waals surface area contributed by atoms with Crippen LogP contribution in [0.1, 0.15) is 13.3 Å². The minimum atomic E-state index is -4.03. The third-order valence-corrected chi connectivity index (χ3v) is 2.99. The zero-order valence-electron chi connectivity index (χ0n) is 8.04. The van der Waals surface area contributed by atoms with Gasteiger partial charge in [-0.3, -0.25) is 0 Å². The van der Waals surface area contributed by atoms with Crippen LogP contribution >= 0.6 is 10.7 Å². The summed E-state index contributed by atoms with van der Waals surface area (Å²) >= 11 is 0. The molecule has 0 radical (unpaired) electrons. The number of rotatable bonds is 4.